The van der Waals surface area contributed by atoms with E-state index in [9.17, 15) is 10.1 Å². The highest BCUT2D eigenvalue weighted by Crippen LogP contribution is 2.28. The van der Waals surface area contributed by atoms with Crippen molar-refractivity contribution >= 4 is 38.6 Å². The fourth-order valence-electron chi connectivity index (χ4n) is 1.54. The summed E-state index contributed by atoms with van der Waals surface area (Å²) in [5.74, 6) is 0. The van der Waals surface area contributed by atoms with E-state index in [0.717, 1.165) is 22.0 Å². The van der Waals surface area contributed by atoms with Gasteiger partial charge in [0.1, 0.15) is 0 Å². The molecule has 19 heavy (non-hydrogen) atoms. The molecule has 1 aromatic carbocycles. The minimum atomic E-state index is -0.406. The van der Waals surface area contributed by atoms with Gasteiger partial charge < -0.3 is 5.32 Å². The predicted octanol–water partition coefficient (Wildman–Crippen LogP) is 3.99. The lowest BCUT2D eigenvalue weighted by Gasteiger charge is -2.05. The van der Waals surface area contributed by atoms with Crippen molar-refractivity contribution < 1.29 is 4.92 Å². The average Bonchev–Trinajstić information content (AvgIpc) is 2.85. The molecule has 100 valence electrons. The van der Waals surface area contributed by atoms with Gasteiger partial charge in [-0.25, -0.2) is 4.98 Å². The first-order chi connectivity index (χ1) is 9.10. The number of anilines is 1. The van der Waals surface area contributed by atoms with Crippen LogP contribution in [0.4, 0.5) is 11.4 Å². The maximum atomic E-state index is 10.8. The third-order valence-corrected chi connectivity index (χ3v) is 4.33. The Morgan fingerprint density at radius 2 is 2.32 bits per heavy atom. The van der Waals surface area contributed by atoms with Gasteiger partial charge in [-0.15, -0.1) is 11.3 Å². The number of hydrogen-bond donors (Lipinski definition) is 1. The fourth-order valence-corrected chi connectivity index (χ4v) is 2.74. The molecule has 0 aliphatic heterocycles. The third-order valence-electron chi connectivity index (χ3n) is 2.51. The molecule has 0 saturated heterocycles. The Bertz CT molecular complexity index is 600. The zero-order chi connectivity index (χ0) is 13.8. The molecule has 0 unspecified atom stereocenters. The summed E-state index contributed by atoms with van der Waals surface area (Å²) in [7, 11) is 0. The summed E-state index contributed by atoms with van der Waals surface area (Å²) in [6.07, 6.45) is 2.76. The maximum absolute atomic E-state index is 10.8. The highest BCUT2D eigenvalue weighted by atomic mass is 79.9. The molecule has 0 spiro atoms. The summed E-state index contributed by atoms with van der Waals surface area (Å²) in [6.45, 7) is 2.69. The van der Waals surface area contributed by atoms with Crippen molar-refractivity contribution in [1.29, 1.82) is 0 Å². The summed E-state index contributed by atoms with van der Waals surface area (Å²) in [5, 5.41) is 15.1. The van der Waals surface area contributed by atoms with Crippen molar-refractivity contribution in [3.63, 3.8) is 0 Å². The van der Waals surface area contributed by atoms with Gasteiger partial charge in [-0.3, -0.25) is 10.1 Å². The number of halogens is 1. The van der Waals surface area contributed by atoms with E-state index in [1.807, 2.05) is 6.20 Å². The first-order valence-electron chi connectivity index (χ1n) is 5.71. The lowest BCUT2D eigenvalue weighted by atomic mass is 10.3. The van der Waals surface area contributed by atoms with Crippen LogP contribution in [0.15, 0.2) is 28.9 Å². The van der Waals surface area contributed by atoms with Crippen molar-refractivity contribution in [1.82, 2.24) is 4.98 Å². The molecule has 1 N–H and O–H groups in total. The number of thiazole rings is 1. The minimum absolute atomic E-state index is 0.0588. The molecule has 0 bridgehead atoms. The summed E-state index contributed by atoms with van der Waals surface area (Å²) in [6, 6.07) is 5.00. The predicted molar refractivity (Wildman–Crippen MR) is 79.6 cm³/mol. The number of nitro groups is 1. The molecule has 2 rings (SSSR count). The zero-order valence-electron chi connectivity index (χ0n) is 10.2. The van der Waals surface area contributed by atoms with E-state index < -0.39 is 4.92 Å². The summed E-state index contributed by atoms with van der Waals surface area (Å²) in [4.78, 5) is 15.8. The lowest BCUT2D eigenvalue weighted by Crippen LogP contribution is -1.98. The normalized spacial score (nSPS) is 10.4. The number of aryl methyl sites for hydroxylation is 1. The Labute approximate surface area is 123 Å². The molecule has 1 heterocycles. The van der Waals surface area contributed by atoms with Gasteiger partial charge in [-0.1, -0.05) is 6.92 Å². The standard InChI is InChI=1S/C12H12BrN3O2S/c1-2-12-15-7-9(19-12)6-14-8-3-4-10(13)11(5-8)16(17)18/h3-5,7,14H,2,6H2,1H3. The van der Waals surface area contributed by atoms with Crippen LogP contribution in [0.5, 0.6) is 0 Å². The molecule has 0 aliphatic carbocycles. The van der Waals surface area contributed by atoms with Crippen molar-refractivity contribution in [2.75, 3.05) is 5.32 Å². The van der Waals surface area contributed by atoms with Crippen LogP contribution in [0.2, 0.25) is 0 Å². The van der Waals surface area contributed by atoms with E-state index in [1.54, 1.807) is 23.5 Å². The minimum Gasteiger partial charge on any atom is -0.380 e. The maximum Gasteiger partial charge on any atom is 0.285 e. The van der Waals surface area contributed by atoms with Gasteiger partial charge >= 0.3 is 0 Å². The number of hydrogen-bond acceptors (Lipinski definition) is 5. The van der Waals surface area contributed by atoms with Gasteiger partial charge in [0.15, 0.2) is 0 Å². The van der Waals surface area contributed by atoms with Crippen molar-refractivity contribution in [2.24, 2.45) is 0 Å². The molecule has 0 saturated carbocycles. The van der Waals surface area contributed by atoms with E-state index in [-0.39, 0.29) is 5.69 Å². The molecule has 2 aromatic rings. The number of rotatable bonds is 5. The SMILES string of the molecule is CCc1ncc(CNc2ccc(Br)c([N+](=O)[O-])c2)s1. The second-order valence-corrected chi connectivity index (χ2v) is 5.90. The number of nitrogens with one attached hydrogen (secondary N) is 1. The Morgan fingerprint density at radius 3 is 2.95 bits per heavy atom. The highest BCUT2D eigenvalue weighted by molar-refractivity contribution is 9.10. The molecular formula is C12H12BrN3O2S. The van der Waals surface area contributed by atoms with Crippen molar-refractivity contribution in [2.45, 2.75) is 19.9 Å². The number of nitrogens with zero attached hydrogens (tertiary/aromatic N) is 2. The third kappa shape index (κ3) is 3.51. The molecule has 5 nitrogen and oxygen atoms in total. The second kappa shape index (κ2) is 6.12. The number of nitro benzene ring substituents is 1. The van der Waals surface area contributed by atoms with Gasteiger partial charge in [0.2, 0.25) is 0 Å². The molecule has 7 heteroatoms. The lowest BCUT2D eigenvalue weighted by molar-refractivity contribution is -0.385. The van der Waals surface area contributed by atoms with Crippen LogP contribution < -0.4 is 5.32 Å². The Balaban J connectivity index is 2.07. The van der Waals surface area contributed by atoms with Crippen LogP contribution in [0.3, 0.4) is 0 Å². The van der Waals surface area contributed by atoms with Crippen LogP contribution in [-0.4, -0.2) is 9.91 Å². The van der Waals surface area contributed by atoms with E-state index in [4.69, 9.17) is 0 Å². The second-order valence-electron chi connectivity index (χ2n) is 3.85. The van der Waals surface area contributed by atoms with Crippen LogP contribution >= 0.6 is 27.3 Å². The van der Waals surface area contributed by atoms with Gasteiger partial charge in [-0.2, -0.15) is 0 Å². The van der Waals surface area contributed by atoms with Crippen molar-refractivity contribution in [3.8, 4) is 0 Å². The van der Waals surface area contributed by atoms with Crippen LogP contribution in [0.25, 0.3) is 0 Å². The molecule has 0 fully saturated rings. The zero-order valence-corrected chi connectivity index (χ0v) is 12.6. The number of benzene rings is 1. The summed E-state index contributed by atoms with van der Waals surface area (Å²) < 4.78 is 0.481. The molecule has 0 atom stereocenters. The number of aromatic nitrogens is 1. The average molecular weight is 342 g/mol. The Morgan fingerprint density at radius 1 is 1.53 bits per heavy atom. The van der Waals surface area contributed by atoms with E-state index in [1.165, 1.54) is 6.07 Å². The Kier molecular flexibility index (Phi) is 4.49. The first kappa shape index (κ1) is 14.0. The first-order valence-corrected chi connectivity index (χ1v) is 7.32. The van der Waals surface area contributed by atoms with E-state index in [0.29, 0.717) is 11.0 Å². The smallest absolute Gasteiger partial charge is 0.285 e. The monoisotopic (exact) mass is 341 g/mol. The molecular weight excluding hydrogens is 330 g/mol. The summed E-state index contributed by atoms with van der Waals surface area (Å²) in [5.41, 5.74) is 0.782. The van der Waals surface area contributed by atoms with Gasteiger partial charge in [0, 0.05) is 22.8 Å². The van der Waals surface area contributed by atoms with Crippen LogP contribution in [-0.2, 0) is 13.0 Å². The topological polar surface area (TPSA) is 68.1 Å². The quantitative estimate of drug-likeness (QED) is 0.659. The van der Waals surface area contributed by atoms with Crippen LogP contribution in [0, 0.1) is 10.1 Å². The van der Waals surface area contributed by atoms with E-state index >= 15 is 0 Å². The van der Waals surface area contributed by atoms with Gasteiger partial charge in [-0.05, 0) is 34.5 Å². The molecule has 0 aliphatic rings. The summed E-state index contributed by atoms with van der Waals surface area (Å²) >= 11 is 4.81. The molecule has 0 radical (unpaired) electrons. The van der Waals surface area contributed by atoms with Crippen LogP contribution in [0.1, 0.15) is 16.8 Å². The molecule has 0 amide bonds. The largest absolute Gasteiger partial charge is 0.380 e. The van der Waals surface area contributed by atoms with Gasteiger partial charge in [0.05, 0.1) is 20.9 Å². The fraction of sp³-hybridized carbons (Fsp3) is 0.250. The highest BCUT2D eigenvalue weighted by Gasteiger charge is 2.12. The van der Waals surface area contributed by atoms with Crippen molar-refractivity contribution in [3.05, 3.63) is 48.9 Å². The van der Waals surface area contributed by atoms with E-state index in [2.05, 4.69) is 33.2 Å². The van der Waals surface area contributed by atoms with Gasteiger partial charge in [0.25, 0.3) is 5.69 Å². The Hall–Kier alpha value is -1.47. The molecule has 1 aromatic heterocycles.